The molecule has 2 rings (SSSR count). The number of ether oxygens (including phenoxy) is 1. The highest BCUT2D eigenvalue weighted by Gasteiger charge is 2.27. The Labute approximate surface area is 116 Å². The number of rotatable bonds is 2. The van der Waals surface area contributed by atoms with E-state index in [0.29, 0.717) is 31.9 Å². The average molecular weight is 280 g/mol. The number of halogens is 1. The van der Waals surface area contributed by atoms with Gasteiger partial charge >= 0.3 is 11.9 Å². The number of benzene rings is 1. The van der Waals surface area contributed by atoms with Gasteiger partial charge in [0.2, 0.25) is 0 Å². The third-order valence-electron chi connectivity index (χ3n) is 3.21. The fourth-order valence-electron chi connectivity index (χ4n) is 2.18. The summed E-state index contributed by atoms with van der Waals surface area (Å²) >= 11 is 0. The van der Waals surface area contributed by atoms with E-state index >= 15 is 0 Å². The van der Waals surface area contributed by atoms with Crippen molar-refractivity contribution in [2.45, 2.75) is 6.92 Å². The summed E-state index contributed by atoms with van der Waals surface area (Å²) in [6.45, 7) is 3.58. The Morgan fingerprint density at radius 2 is 1.85 bits per heavy atom. The fraction of sp³-hybridized carbons (Fsp3) is 0.429. The molecule has 0 spiro atoms. The second kappa shape index (κ2) is 6.36. The van der Waals surface area contributed by atoms with Gasteiger partial charge in [0.05, 0.1) is 12.3 Å². The Bertz CT molecular complexity index is 499. The van der Waals surface area contributed by atoms with E-state index in [1.165, 1.54) is 11.0 Å². The van der Waals surface area contributed by atoms with E-state index in [1.807, 2.05) is 4.90 Å². The van der Waals surface area contributed by atoms with Crippen LogP contribution in [0, 0.1) is 5.82 Å². The highest BCUT2D eigenvalue weighted by molar-refractivity contribution is 6.32. The van der Waals surface area contributed by atoms with Gasteiger partial charge in [0, 0.05) is 26.2 Å². The maximum Gasteiger partial charge on any atom is 0.397 e. The number of anilines is 1. The second-order valence-corrected chi connectivity index (χ2v) is 4.45. The van der Waals surface area contributed by atoms with Crippen LogP contribution in [0.2, 0.25) is 0 Å². The standard InChI is InChI=1S/C14H17FN2O3/c1-2-20-14(19)13(18)17-9-7-16(8-10-17)12-6-4-3-5-11(12)15/h3-6H,2,7-10H2,1H3. The average Bonchev–Trinajstić information content (AvgIpc) is 2.47. The van der Waals surface area contributed by atoms with Crippen molar-refractivity contribution in [3.05, 3.63) is 30.1 Å². The van der Waals surface area contributed by atoms with Gasteiger partial charge in [-0.25, -0.2) is 9.18 Å². The molecule has 0 bridgehead atoms. The van der Waals surface area contributed by atoms with Gasteiger partial charge in [-0.2, -0.15) is 0 Å². The summed E-state index contributed by atoms with van der Waals surface area (Å²) in [6, 6.07) is 6.53. The van der Waals surface area contributed by atoms with Crippen molar-refractivity contribution in [1.82, 2.24) is 4.90 Å². The molecule has 0 aromatic heterocycles. The van der Waals surface area contributed by atoms with Crippen LogP contribution in [0.5, 0.6) is 0 Å². The van der Waals surface area contributed by atoms with Crippen LogP contribution in [0.1, 0.15) is 6.92 Å². The Morgan fingerprint density at radius 1 is 1.20 bits per heavy atom. The van der Waals surface area contributed by atoms with Crippen LogP contribution in [0.3, 0.4) is 0 Å². The molecule has 1 heterocycles. The van der Waals surface area contributed by atoms with Gasteiger partial charge in [0.25, 0.3) is 0 Å². The second-order valence-electron chi connectivity index (χ2n) is 4.45. The molecule has 1 aliphatic rings. The number of nitrogens with zero attached hydrogens (tertiary/aromatic N) is 2. The fourth-order valence-corrected chi connectivity index (χ4v) is 2.18. The minimum Gasteiger partial charge on any atom is -0.459 e. The molecule has 5 nitrogen and oxygen atoms in total. The largest absolute Gasteiger partial charge is 0.459 e. The highest BCUT2D eigenvalue weighted by Crippen LogP contribution is 2.20. The zero-order valence-electron chi connectivity index (χ0n) is 11.3. The number of esters is 1. The lowest BCUT2D eigenvalue weighted by Crippen LogP contribution is -2.51. The van der Waals surface area contributed by atoms with E-state index < -0.39 is 11.9 Å². The zero-order valence-corrected chi connectivity index (χ0v) is 11.3. The van der Waals surface area contributed by atoms with E-state index in [-0.39, 0.29) is 12.4 Å². The molecule has 6 heteroatoms. The lowest BCUT2D eigenvalue weighted by Gasteiger charge is -2.35. The zero-order chi connectivity index (χ0) is 14.5. The first-order chi connectivity index (χ1) is 9.63. The summed E-state index contributed by atoms with van der Waals surface area (Å²) in [5.74, 6) is -1.73. The first-order valence-electron chi connectivity index (χ1n) is 6.59. The summed E-state index contributed by atoms with van der Waals surface area (Å²) in [5, 5.41) is 0. The predicted molar refractivity (Wildman–Crippen MR) is 71.8 cm³/mol. The Balaban J connectivity index is 1.94. The Kier molecular flexibility index (Phi) is 4.55. The van der Waals surface area contributed by atoms with Crippen LogP contribution in [0.15, 0.2) is 24.3 Å². The molecule has 1 aliphatic heterocycles. The topological polar surface area (TPSA) is 49.9 Å². The molecule has 1 aromatic rings. The molecule has 108 valence electrons. The van der Waals surface area contributed by atoms with E-state index in [1.54, 1.807) is 25.1 Å². The van der Waals surface area contributed by atoms with Gasteiger partial charge in [0.15, 0.2) is 0 Å². The molecule has 1 saturated heterocycles. The van der Waals surface area contributed by atoms with Crippen molar-refractivity contribution in [3.8, 4) is 0 Å². The van der Waals surface area contributed by atoms with E-state index in [0.717, 1.165) is 0 Å². The summed E-state index contributed by atoms with van der Waals surface area (Å²) < 4.78 is 18.3. The van der Waals surface area contributed by atoms with Crippen LogP contribution in [0.4, 0.5) is 10.1 Å². The SMILES string of the molecule is CCOC(=O)C(=O)N1CCN(c2ccccc2F)CC1. The lowest BCUT2D eigenvalue weighted by atomic mass is 10.2. The summed E-state index contributed by atoms with van der Waals surface area (Å²) in [6.07, 6.45) is 0. The van der Waals surface area contributed by atoms with Gasteiger partial charge in [-0.05, 0) is 19.1 Å². The smallest absolute Gasteiger partial charge is 0.397 e. The first-order valence-corrected chi connectivity index (χ1v) is 6.59. The number of hydrogen-bond acceptors (Lipinski definition) is 4. The van der Waals surface area contributed by atoms with Gasteiger partial charge in [-0.3, -0.25) is 4.79 Å². The lowest BCUT2D eigenvalue weighted by molar-refractivity contribution is -0.160. The molecule has 0 saturated carbocycles. The maximum absolute atomic E-state index is 13.7. The number of carbonyl (C=O) groups excluding carboxylic acids is 2. The van der Waals surface area contributed by atoms with E-state index in [2.05, 4.69) is 4.74 Å². The monoisotopic (exact) mass is 280 g/mol. The molecule has 1 fully saturated rings. The third kappa shape index (κ3) is 3.07. The van der Waals surface area contributed by atoms with Crippen molar-refractivity contribution in [2.24, 2.45) is 0 Å². The Hall–Kier alpha value is -2.11. The Morgan fingerprint density at radius 3 is 2.45 bits per heavy atom. The number of hydrogen-bond donors (Lipinski definition) is 0. The van der Waals surface area contributed by atoms with Crippen LogP contribution in [-0.2, 0) is 14.3 Å². The number of para-hydroxylation sites is 1. The van der Waals surface area contributed by atoms with Crippen molar-refractivity contribution in [3.63, 3.8) is 0 Å². The molecule has 0 N–H and O–H groups in total. The molecule has 0 unspecified atom stereocenters. The van der Waals surface area contributed by atoms with Crippen molar-refractivity contribution in [1.29, 1.82) is 0 Å². The van der Waals surface area contributed by atoms with Gasteiger partial charge in [0.1, 0.15) is 5.82 Å². The quantitative estimate of drug-likeness (QED) is 0.600. The molecule has 0 radical (unpaired) electrons. The molecular formula is C14H17FN2O3. The van der Waals surface area contributed by atoms with Crippen LogP contribution in [0.25, 0.3) is 0 Å². The number of amides is 1. The van der Waals surface area contributed by atoms with Gasteiger partial charge < -0.3 is 14.5 Å². The first kappa shape index (κ1) is 14.3. The molecule has 0 aliphatic carbocycles. The summed E-state index contributed by atoms with van der Waals surface area (Å²) in [4.78, 5) is 26.4. The molecule has 1 aromatic carbocycles. The summed E-state index contributed by atoms with van der Waals surface area (Å²) in [7, 11) is 0. The van der Waals surface area contributed by atoms with Crippen LogP contribution in [-0.4, -0.2) is 49.6 Å². The molecule has 1 amide bonds. The van der Waals surface area contributed by atoms with Gasteiger partial charge in [-0.1, -0.05) is 12.1 Å². The van der Waals surface area contributed by atoms with Crippen molar-refractivity contribution in [2.75, 3.05) is 37.7 Å². The normalized spacial score (nSPS) is 15.1. The minimum atomic E-state index is -0.827. The van der Waals surface area contributed by atoms with Crippen molar-refractivity contribution < 1.29 is 18.7 Å². The third-order valence-corrected chi connectivity index (χ3v) is 3.21. The molecule has 20 heavy (non-hydrogen) atoms. The minimum absolute atomic E-state index is 0.180. The van der Waals surface area contributed by atoms with Crippen molar-refractivity contribution >= 4 is 17.6 Å². The number of carbonyl (C=O) groups is 2. The van der Waals surface area contributed by atoms with Crippen LogP contribution >= 0.6 is 0 Å². The van der Waals surface area contributed by atoms with Gasteiger partial charge in [-0.15, -0.1) is 0 Å². The van der Waals surface area contributed by atoms with E-state index in [4.69, 9.17) is 0 Å². The molecule has 0 atom stereocenters. The van der Waals surface area contributed by atoms with E-state index in [9.17, 15) is 14.0 Å². The molecular weight excluding hydrogens is 263 g/mol. The number of piperazine rings is 1. The maximum atomic E-state index is 13.7. The highest BCUT2D eigenvalue weighted by atomic mass is 19.1. The predicted octanol–water partition coefficient (Wildman–Crippen LogP) is 1.04. The summed E-state index contributed by atoms with van der Waals surface area (Å²) in [5.41, 5.74) is 0.524. The van der Waals surface area contributed by atoms with Crippen LogP contribution < -0.4 is 4.90 Å².